The molecule has 1 aliphatic heterocycles. The van der Waals surface area contributed by atoms with Crippen LogP contribution >= 0.6 is 0 Å². The smallest absolute Gasteiger partial charge is 0.104 e. The lowest BCUT2D eigenvalue weighted by Crippen LogP contribution is -2.00. The van der Waals surface area contributed by atoms with E-state index in [4.69, 9.17) is 9.47 Å². The fourth-order valence-electron chi connectivity index (χ4n) is 0.667. The lowest BCUT2D eigenvalue weighted by molar-refractivity contribution is 0.141. The lowest BCUT2D eigenvalue weighted by atomic mass is 10.5. The second-order valence-corrected chi connectivity index (χ2v) is 3.66. The summed E-state index contributed by atoms with van der Waals surface area (Å²) >= 11 is 0. The van der Waals surface area contributed by atoms with Crippen molar-refractivity contribution >= 4 is 9.52 Å². The molecule has 2 nitrogen and oxygen atoms in total. The molecule has 0 bridgehead atoms. The van der Waals surface area contributed by atoms with Gasteiger partial charge in [-0.25, -0.2) is 0 Å². The van der Waals surface area contributed by atoms with E-state index in [2.05, 4.69) is 18.3 Å². The molecule has 58 valence electrons. The highest BCUT2D eigenvalue weighted by molar-refractivity contribution is 6.40. The maximum absolute atomic E-state index is 5.27. The predicted molar refractivity (Wildman–Crippen MR) is 44.1 cm³/mol. The average molecular weight is 158 g/mol. The molecule has 1 atom stereocenters. The number of rotatable bonds is 5. The molecule has 0 aromatic carbocycles. The number of ether oxygens (including phenoxy) is 2. The van der Waals surface area contributed by atoms with Gasteiger partial charge in [-0.15, -0.1) is 5.70 Å². The zero-order valence-electron chi connectivity index (χ0n) is 6.38. The Kier molecular flexibility index (Phi) is 3.71. The van der Waals surface area contributed by atoms with Crippen LogP contribution in [0.1, 0.15) is 0 Å². The van der Waals surface area contributed by atoms with Gasteiger partial charge in [0.25, 0.3) is 0 Å². The van der Waals surface area contributed by atoms with Gasteiger partial charge in [0.05, 0.1) is 19.8 Å². The summed E-state index contributed by atoms with van der Waals surface area (Å²) in [6.45, 7) is 4.68. The van der Waals surface area contributed by atoms with Crippen molar-refractivity contribution in [3.05, 3.63) is 11.8 Å². The van der Waals surface area contributed by atoms with Gasteiger partial charge >= 0.3 is 0 Å². The average Bonchev–Trinajstić information content (AvgIpc) is 2.71. The maximum Gasteiger partial charge on any atom is 0.104 e. The SMILES string of the molecule is C[SiH2]C=CCOCC1CO1. The molecule has 0 radical (unpaired) electrons. The van der Waals surface area contributed by atoms with E-state index in [-0.39, 0.29) is 9.52 Å². The first-order valence-electron chi connectivity index (χ1n) is 3.78. The molecular weight excluding hydrogens is 144 g/mol. The lowest BCUT2D eigenvalue weighted by Gasteiger charge is -1.94. The fourth-order valence-corrected chi connectivity index (χ4v) is 1.14. The predicted octanol–water partition coefficient (Wildman–Crippen LogP) is 0.132. The van der Waals surface area contributed by atoms with E-state index in [1.807, 2.05) is 0 Å². The van der Waals surface area contributed by atoms with Crippen LogP contribution in [0.4, 0.5) is 0 Å². The minimum absolute atomic E-state index is 0.0905. The van der Waals surface area contributed by atoms with Gasteiger partial charge in [-0.2, -0.15) is 0 Å². The van der Waals surface area contributed by atoms with E-state index in [9.17, 15) is 0 Å². The highest BCUT2D eigenvalue weighted by Crippen LogP contribution is 2.07. The van der Waals surface area contributed by atoms with Gasteiger partial charge in [-0.05, 0) is 0 Å². The molecule has 0 N–H and O–H groups in total. The summed E-state index contributed by atoms with van der Waals surface area (Å²) in [5, 5.41) is 0. The number of hydrogen-bond acceptors (Lipinski definition) is 2. The molecule has 0 aromatic rings. The van der Waals surface area contributed by atoms with Crippen molar-refractivity contribution in [3.63, 3.8) is 0 Å². The maximum atomic E-state index is 5.27. The zero-order chi connectivity index (χ0) is 7.23. The largest absolute Gasteiger partial charge is 0.375 e. The summed E-state index contributed by atoms with van der Waals surface area (Å²) < 4.78 is 10.2. The van der Waals surface area contributed by atoms with E-state index < -0.39 is 0 Å². The van der Waals surface area contributed by atoms with Crippen LogP contribution in [0.25, 0.3) is 0 Å². The minimum Gasteiger partial charge on any atom is -0.375 e. The first kappa shape index (κ1) is 7.98. The molecule has 1 unspecified atom stereocenters. The van der Waals surface area contributed by atoms with Crippen LogP contribution in [0.3, 0.4) is 0 Å². The van der Waals surface area contributed by atoms with Crippen molar-refractivity contribution in [2.45, 2.75) is 12.7 Å². The van der Waals surface area contributed by atoms with Gasteiger partial charge in [0.15, 0.2) is 0 Å². The van der Waals surface area contributed by atoms with Crippen LogP contribution in [0.2, 0.25) is 6.55 Å². The van der Waals surface area contributed by atoms with Crippen LogP contribution in [0, 0.1) is 0 Å². The summed E-state index contributed by atoms with van der Waals surface area (Å²) in [5.74, 6) is 0. The summed E-state index contributed by atoms with van der Waals surface area (Å²) in [7, 11) is 0.0905. The summed E-state index contributed by atoms with van der Waals surface area (Å²) in [5.41, 5.74) is 2.24. The number of epoxide rings is 1. The molecule has 0 aliphatic carbocycles. The topological polar surface area (TPSA) is 21.8 Å². The van der Waals surface area contributed by atoms with Crippen molar-refractivity contribution in [2.75, 3.05) is 19.8 Å². The van der Waals surface area contributed by atoms with E-state index >= 15 is 0 Å². The van der Waals surface area contributed by atoms with Gasteiger partial charge in [0, 0.05) is 9.52 Å². The third-order valence-electron chi connectivity index (χ3n) is 1.32. The summed E-state index contributed by atoms with van der Waals surface area (Å²) in [6.07, 6.45) is 2.52. The van der Waals surface area contributed by atoms with Crippen molar-refractivity contribution < 1.29 is 9.47 Å². The van der Waals surface area contributed by atoms with Gasteiger partial charge in [0.2, 0.25) is 0 Å². The van der Waals surface area contributed by atoms with Gasteiger partial charge < -0.3 is 9.47 Å². The third-order valence-corrected chi connectivity index (χ3v) is 2.13. The summed E-state index contributed by atoms with van der Waals surface area (Å²) in [4.78, 5) is 0. The first-order chi connectivity index (χ1) is 4.93. The van der Waals surface area contributed by atoms with Gasteiger partial charge in [-0.3, -0.25) is 0 Å². The van der Waals surface area contributed by atoms with Crippen LogP contribution in [-0.4, -0.2) is 35.4 Å². The van der Waals surface area contributed by atoms with Crippen LogP contribution < -0.4 is 0 Å². The van der Waals surface area contributed by atoms with Crippen LogP contribution in [0.5, 0.6) is 0 Å². The van der Waals surface area contributed by atoms with Gasteiger partial charge in [-0.1, -0.05) is 12.6 Å². The van der Waals surface area contributed by atoms with Crippen LogP contribution in [-0.2, 0) is 9.47 Å². The highest BCUT2D eigenvalue weighted by Gasteiger charge is 2.21. The van der Waals surface area contributed by atoms with Crippen LogP contribution in [0.15, 0.2) is 11.8 Å². The zero-order valence-corrected chi connectivity index (χ0v) is 7.79. The normalized spacial score (nSPS) is 25.1. The van der Waals surface area contributed by atoms with Crippen molar-refractivity contribution in [1.82, 2.24) is 0 Å². The number of hydrogen-bond donors (Lipinski definition) is 0. The van der Waals surface area contributed by atoms with E-state index in [0.717, 1.165) is 19.8 Å². The van der Waals surface area contributed by atoms with Crippen molar-refractivity contribution in [2.24, 2.45) is 0 Å². The van der Waals surface area contributed by atoms with Gasteiger partial charge in [0.1, 0.15) is 6.10 Å². The molecule has 1 aliphatic rings. The summed E-state index contributed by atoms with van der Waals surface area (Å²) in [6, 6.07) is 0. The van der Waals surface area contributed by atoms with Crippen molar-refractivity contribution in [3.8, 4) is 0 Å². The third kappa shape index (κ3) is 3.82. The molecule has 0 aromatic heterocycles. The molecule has 1 rings (SSSR count). The fraction of sp³-hybridized carbons (Fsp3) is 0.714. The molecule has 3 heteroatoms. The first-order valence-corrected chi connectivity index (χ1v) is 6.01. The highest BCUT2D eigenvalue weighted by atomic mass is 28.2. The Bertz CT molecular complexity index is 110. The molecule has 1 saturated heterocycles. The van der Waals surface area contributed by atoms with E-state index in [1.54, 1.807) is 0 Å². The molecular formula is C7H14O2Si. The Balaban J connectivity index is 1.80. The Morgan fingerprint density at radius 2 is 2.60 bits per heavy atom. The van der Waals surface area contributed by atoms with E-state index in [0.29, 0.717) is 6.10 Å². The Morgan fingerprint density at radius 1 is 1.80 bits per heavy atom. The van der Waals surface area contributed by atoms with Crippen molar-refractivity contribution in [1.29, 1.82) is 0 Å². The molecule has 0 amide bonds. The Hall–Kier alpha value is -0.123. The standard InChI is InChI=1S/C7H14O2Si/c1-10-4-2-3-8-5-7-6-9-7/h2,4,7H,3,5-6,10H2,1H3. The molecule has 0 spiro atoms. The molecule has 1 heterocycles. The quantitative estimate of drug-likeness (QED) is 0.322. The minimum atomic E-state index is 0.0905. The second-order valence-electron chi connectivity index (χ2n) is 2.37. The molecule has 10 heavy (non-hydrogen) atoms. The Morgan fingerprint density at radius 3 is 3.20 bits per heavy atom. The Labute approximate surface area is 64.0 Å². The second kappa shape index (κ2) is 4.66. The monoisotopic (exact) mass is 158 g/mol. The molecule has 0 saturated carbocycles. The molecule has 1 fully saturated rings. The van der Waals surface area contributed by atoms with E-state index in [1.165, 1.54) is 0 Å².